The van der Waals surface area contributed by atoms with Gasteiger partial charge in [0, 0.05) is 29.4 Å². The normalized spacial score (nSPS) is 7.78. The Hall–Kier alpha value is 0.390. The first-order valence-corrected chi connectivity index (χ1v) is 4.74. The van der Waals surface area contributed by atoms with E-state index in [1.165, 1.54) is 0 Å². The second kappa shape index (κ2) is 8.39. The number of nitrogens with one attached hydrogen (secondary N) is 1. The van der Waals surface area contributed by atoms with Crippen LogP contribution in [0, 0.1) is 0 Å². The Morgan fingerprint density at radius 1 is 1.44 bits per heavy atom. The van der Waals surface area contributed by atoms with Gasteiger partial charge in [0.15, 0.2) is 0 Å². The fourth-order valence-electron chi connectivity index (χ4n) is 0.227. The Morgan fingerprint density at radius 3 is 2.00 bits per heavy atom. The van der Waals surface area contributed by atoms with Crippen LogP contribution in [0.1, 0.15) is 6.92 Å². The summed E-state index contributed by atoms with van der Waals surface area (Å²) < 4.78 is 2.90. The molecule has 0 aliphatic rings. The summed E-state index contributed by atoms with van der Waals surface area (Å²) in [6.45, 7) is 3.12. The Balaban J connectivity index is 0.000000148. The Bertz CT molecular complexity index is 88.6. The highest BCUT2D eigenvalue weighted by atomic mass is 127. The minimum atomic E-state index is 1.06. The fraction of sp³-hybridized carbons (Fsp3) is 0.333. The van der Waals surface area contributed by atoms with Crippen LogP contribution >= 0.6 is 34.2 Å². The molecule has 1 aromatic rings. The molecule has 52 valence electrons. The minimum Gasteiger partial charge on any atom is -0.261 e. The third-order valence-electron chi connectivity index (χ3n) is 0.559. The van der Waals surface area contributed by atoms with E-state index in [1.54, 1.807) is 11.3 Å². The van der Waals surface area contributed by atoms with Crippen LogP contribution in [-0.4, -0.2) is 6.54 Å². The molecule has 0 saturated carbocycles. The molecule has 1 N–H and O–H groups in total. The molecule has 1 nitrogen and oxygen atoms in total. The Labute approximate surface area is 74.0 Å². The number of hydrogen-bond donors (Lipinski definition) is 1. The third kappa shape index (κ3) is 8.39. The molecule has 0 radical (unpaired) electrons. The average Bonchev–Trinajstić information content (AvgIpc) is 2.43. The van der Waals surface area contributed by atoms with E-state index >= 15 is 0 Å². The molecule has 0 saturated heterocycles. The van der Waals surface area contributed by atoms with E-state index in [1.807, 2.05) is 22.9 Å². The van der Waals surface area contributed by atoms with Crippen molar-refractivity contribution in [2.45, 2.75) is 6.92 Å². The van der Waals surface area contributed by atoms with Gasteiger partial charge in [-0.1, -0.05) is 19.1 Å². The molecular formula is C6H10INS. The van der Waals surface area contributed by atoms with Crippen molar-refractivity contribution < 1.29 is 0 Å². The molecule has 0 bridgehead atoms. The molecule has 9 heavy (non-hydrogen) atoms. The molecule has 1 heterocycles. The summed E-state index contributed by atoms with van der Waals surface area (Å²) in [5.74, 6) is 0. The van der Waals surface area contributed by atoms with Crippen molar-refractivity contribution in [3.63, 3.8) is 0 Å². The van der Waals surface area contributed by atoms with Crippen LogP contribution in [0.2, 0.25) is 0 Å². The van der Waals surface area contributed by atoms with Crippen LogP contribution in [0.15, 0.2) is 22.9 Å². The summed E-state index contributed by atoms with van der Waals surface area (Å²) in [7, 11) is 0. The molecule has 0 aromatic carbocycles. The molecule has 0 atom stereocenters. The van der Waals surface area contributed by atoms with Gasteiger partial charge < -0.3 is 0 Å². The highest BCUT2D eigenvalue weighted by Crippen LogP contribution is 1.91. The van der Waals surface area contributed by atoms with Crippen molar-refractivity contribution in [3.8, 4) is 0 Å². The number of hydrogen-bond acceptors (Lipinski definition) is 2. The first-order valence-electron chi connectivity index (χ1n) is 2.72. The monoisotopic (exact) mass is 255 g/mol. The van der Waals surface area contributed by atoms with E-state index < -0.39 is 0 Å². The number of thiophene rings is 1. The summed E-state index contributed by atoms with van der Waals surface area (Å²) in [5.41, 5.74) is 0. The fourth-order valence-corrected chi connectivity index (χ4v) is 0.680. The molecule has 0 amide bonds. The maximum atomic E-state index is 2.90. The molecular weight excluding hydrogens is 245 g/mol. The van der Waals surface area contributed by atoms with E-state index in [9.17, 15) is 0 Å². The van der Waals surface area contributed by atoms with E-state index in [2.05, 4.69) is 33.3 Å². The third-order valence-corrected chi connectivity index (χ3v) is 1.95. The molecule has 0 unspecified atom stereocenters. The lowest BCUT2D eigenvalue weighted by Crippen LogP contribution is -1.90. The standard InChI is InChI=1S/C4H4S.C2H6IN/c1-2-4-5-3-1;1-2-4-3/h1-4H;4H,2H2,1H3. The maximum absolute atomic E-state index is 2.90. The van der Waals surface area contributed by atoms with Crippen LogP contribution < -0.4 is 3.53 Å². The van der Waals surface area contributed by atoms with Crippen LogP contribution in [0.25, 0.3) is 0 Å². The SMILES string of the molecule is CCNI.c1ccsc1. The van der Waals surface area contributed by atoms with Gasteiger partial charge in [0.2, 0.25) is 0 Å². The summed E-state index contributed by atoms with van der Waals surface area (Å²) in [5, 5.41) is 4.08. The van der Waals surface area contributed by atoms with Gasteiger partial charge in [0.05, 0.1) is 0 Å². The lowest BCUT2D eigenvalue weighted by atomic mass is 10.7. The second-order valence-corrected chi connectivity index (χ2v) is 2.86. The van der Waals surface area contributed by atoms with Gasteiger partial charge in [-0.15, -0.1) is 0 Å². The number of rotatable bonds is 1. The quantitative estimate of drug-likeness (QED) is 0.601. The molecule has 3 heteroatoms. The van der Waals surface area contributed by atoms with Crippen molar-refractivity contribution >= 4 is 34.2 Å². The Morgan fingerprint density at radius 2 is 1.89 bits per heavy atom. The van der Waals surface area contributed by atoms with E-state index in [0.29, 0.717) is 0 Å². The topological polar surface area (TPSA) is 12.0 Å². The van der Waals surface area contributed by atoms with Gasteiger partial charge in [-0.3, -0.25) is 3.53 Å². The van der Waals surface area contributed by atoms with Crippen LogP contribution in [0.5, 0.6) is 0 Å². The zero-order valence-electron chi connectivity index (χ0n) is 5.30. The number of halogens is 1. The molecule has 0 spiro atoms. The minimum absolute atomic E-state index is 1.06. The van der Waals surface area contributed by atoms with Gasteiger partial charge in [-0.2, -0.15) is 11.3 Å². The first-order chi connectivity index (χ1) is 4.41. The van der Waals surface area contributed by atoms with Gasteiger partial charge in [-0.25, -0.2) is 0 Å². The predicted molar refractivity (Wildman–Crippen MR) is 52.0 cm³/mol. The van der Waals surface area contributed by atoms with Gasteiger partial charge >= 0.3 is 0 Å². The maximum Gasteiger partial charge on any atom is 0.0169 e. The molecule has 0 fully saturated rings. The largest absolute Gasteiger partial charge is 0.261 e. The van der Waals surface area contributed by atoms with Crippen LogP contribution in [0.3, 0.4) is 0 Å². The van der Waals surface area contributed by atoms with E-state index in [4.69, 9.17) is 0 Å². The molecule has 1 aromatic heterocycles. The zero-order chi connectivity index (χ0) is 6.95. The smallest absolute Gasteiger partial charge is 0.0169 e. The lowest BCUT2D eigenvalue weighted by molar-refractivity contribution is 1.07. The highest BCUT2D eigenvalue weighted by molar-refractivity contribution is 14.1. The lowest BCUT2D eigenvalue weighted by Gasteiger charge is -1.72. The second-order valence-electron chi connectivity index (χ2n) is 1.28. The summed E-state index contributed by atoms with van der Waals surface area (Å²) in [6.07, 6.45) is 0. The van der Waals surface area contributed by atoms with E-state index in [-0.39, 0.29) is 0 Å². The predicted octanol–water partition coefficient (Wildman–Crippen LogP) is 2.69. The van der Waals surface area contributed by atoms with Gasteiger partial charge in [0.1, 0.15) is 0 Å². The van der Waals surface area contributed by atoms with Crippen molar-refractivity contribution in [1.29, 1.82) is 0 Å². The summed E-state index contributed by atoms with van der Waals surface area (Å²) in [6, 6.07) is 4.04. The zero-order valence-corrected chi connectivity index (χ0v) is 8.28. The van der Waals surface area contributed by atoms with Crippen molar-refractivity contribution in [1.82, 2.24) is 3.53 Å². The molecule has 1 rings (SSSR count). The van der Waals surface area contributed by atoms with Gasteiger partial charge in [-0.05, 0) is 10.8 Å². The summed E-state index contributed by atoms with van der Waals surface area (Å²) >= 11 is 3.81. The molecule has 0 aliphatic carbocycles. The Kier molecular flexibility index (Phi) is 8.75. The van der Waals surface area contributed by atoms with Crippen LogP contribution in [-0.2, 0) is 0 Å². The van der Waals surface area contributed by atoms with Crippen molar-refractivity contribution in [3.05, 3.63) is 22.9 Å². The van der Waals surface area contributed by atoms with Gasteiger partial charge in [0.25, 0.3) is 0 Å². The molecule has 0 aliphatic heterocycles. The average molecular weight is 255 g/mol. The van der Waals surface area contributed by atoms with Crippen LogP contribution in [0.4, 0.5) is 0 Å². The van der Waals surface area contributed by atoms with E-state index in [0.717, 1.165) is 6.54 Å². The van der Waals surface area contributed by atoms with Crippen molar-refractivity contribution in [2.75, 3.05) is 6.54 Å². The first kappa shape index (κ1) is 9.39. The van der Waals surface area contributed by atoms with Crippen molar-refractivity contribution in [2.24, 2.45) is 0 Å². The summed E-state index contributed by atoms with van der Waals surface area (Å²) in [4.78, 5) is 0. The highest BCUT2D eigenvalue weighted by Gasteiger charge is 1.58.